The van der Waals surface area contributed by atoms with E-state index in [1.54, 1.807) is 25.7 Å². The van der Waals surface area contributed by atoms with Crippen molar-refractivity contribution in [1.82, 2.24) is 10.2 Å². The number of carbonyl (C=O) groups is 3. The van der Waals surface area contributed by atoms with Crippen LogP contribution in [-0.2, 0) is 14.3 Å². The normalized spacial score (nSPS) is 18.2. The first-order valence-corrected chi connectivity index (χ1v) is 13.9. The summed E-state index contributed by atoms with van der Waals surface area (Å²) >= 11 is 0. The molecule has 0 bridgehead atoms. The molecule has 1 saturated carbocycles. The fraction of sp³-hybridized carbons (Fsp3) is 0.531. The molecule has 3 amide bonds. The van der Waals surface area contributed by atoms with Crippen molar-refractivity contribution in [2.45, 2.75) is 98.9 Å². The third kappa shape index (κ3) is 7.84. The van der Waals surface area contributed by atoms with E-state index in [4.69, 9.17) is 4.74 Å². The van der Waals surface area contributed by atoms with Crippen LogP contribution >= 0.6 is 0 Å². The number of anilines is 1. The molecule has 0 aliphatic heterocycles. The second kappa shape index (κ2) is 12.2. The minimum absolute atomic E-state index is 0.110. The number of hydrogen-bond acceptors (Lipinski definition) is 4. The average molecular weight is 536 g/mol. The van der Waals surface area contributed by atoms with Crippen LogP contribution < -0.4 is 10.6 Å². The molecule has 1 fully saturated rings. The molecule has 0 saturated heterocycles. The van der Waals surface area contributed by atoms with Gasteiger partial charge in [-0.1, -0.05) is 63.2 Å². The maximum absolute atomic E-state index is 14.4. The van der Waals surface area contributed by atoms with Crippen molar-refractivity contribution in [3.63, 3.8) is 0 Å². The van der Waals surface area contributed by atoms with Gasteiger partial charge in [0.2, 0.25) is 5.91 Å². The SMILES string of the molecule is Cc1ccccc1C(C(=O)Nc1c(C)cccc1C)N(C(=O)C(CC(C)C)NC(=O)OC(C)(C)C)C1CC1C. The first kappa shape index (κ1) is 30.2. The van der Waals surface area contributed by atoms with Gasteiger partial charge in [0, 0.05) is 11.7 Å². The van der Waals surface area contributed by atoms with Crippen molar-refractivity contribution in [3.8, 4) is 0 Å². The van der Waals surface area contributed by atoms with Crippen molar-refractivity contribution in [2.24, 2.45) is 11.8 Å². The Labute approximate surface area is 233 Å². The Morgan fingerprint density at radius 2 is 1.54 bits per heavy atom. The maximum Gasteiger partial charge on any atom is 0.408 e. The number of alkyl carbamates (subject to hydrolysis) is 1. The summed E-state index contributed by atoms with van der Waals surface area (Å²) in [6.45, 7) is 17.3. The number of para-hydroxylation sites is 1. The molecule has 212 valence electrons. The highest BCUT2D eigenvalue weighted by Gasteiger charge is 2.48. The van der Waals surface area contributed by atoms with E-state index in [1.807, 2.05) is 77.1 Å². The molecule has 0 aromatic heterocycles. The van der Waals surface area contributed by atoms with Gasteiger partial charge >= 0.3 is 6.09 Å². The average Bonchev–Trinajstić information content (AvgIpc) is 3.53. The third-order valence-corrected chi connectivity index (χ3v) is 7.11. The first-order chi connectivity index (χ1) is 18.2. The molecule has 39 heavy (non-hydrogen) atoms. The molecule has 0 spiro atoms. The van der Waals surface area contributed by atoms with Crippen molar-refractivity contribution >= 4 is 23.6 Å². The second-order valence-corrected chi connectivity index (χ2v) is 12.4. The van der Waals surface area contributed by atoms with Crippen LogP contribution in [0.2, 0.25) is 0 Å². The van der Waals surface area contributed by atoms with Crippen LogP contribution in [0.25, 0.3) is 0 Å². The number of rotatable bonds is 9. The van der Waals surface area contributed by atoms with Crippen molar-refractivity contribution in [2.75, 3.05) is 5.32 Å². The highest BCUT2D eigenvalue weighted by atomic mass is 16.6. The van der Waals surface area contributed by atoms with E-state index in [1.165, 1.54) is 0 Å². The summed E-state index contributed by atoms with van der Waals surface area (Å²) in [5, 5.41) is 5.97. The summed E-state index contributed by atoms with van der Waals surface area (Å²) in [7, 11) is 0. The Bertz CT molecular complexity index is 1180. The van der Waals surface area contributed by atoms with E-state index >= 15 is 0 Å². The van der Waals surface area contributed by atoms with E-state index in [0.717, 1.165) is 34.4 Å². The van der Waals surface area contributed by atoms with Gasteiger partial charge in [0.05, 0.1) is 0 Å². The van der Waals surface area contributed by atoms with Crippen LogP contribution in [0.5, 0.6) is 0 Å². The number of amides is 3. The molecule has 1 aliphatic rings. The summed E-state index contributed by atoms with van der Waals surface area (Å²) in [6, 6.07) is 11.8. The predicted molar refractivity (Wildman–Crippen MR) is 155 cm³/mol. The van der Waals surface area contributed by atoms with Gasteiger partial charge in [0.1, 0.15) is 17.7 Å². The molecule has 3 rings (SSSR count). The molecule has 4 unspecified atom stereocenters. The number of ether oxygens (including phenoxy) is 1. The standard InChI is InChI=1S/C32H45N3O4/c1-19(2)17-25(33-31(38)39-32(7,8)9)30(37)35(26-18-23(26)6)28(24-16-11-10-13-20(24)3)29(36)34-27-21(4)14-12-15-22(27)5/h10-16,19,23,25-26,28H,17-18H2,1-9H3,(H,33,38)(H,34,36). The monoisotopic (exact) mass is 535 g/mol. The van der Waals surface area contributed by atoms with Gasteiger partial charge in [-0.05, 0) is 88.5 Å². The number of benzene rings is 2. The van der Waals surface area contributed by atoms with Gasteiger partial charge in [0.25, 0.3) is 5.91 Å². The number of hydrogen-bond donors (Lipinski definition) is 2. The summed E-state index contributed by atoms with van der Waals surface area (Å²) in [4.78, 5) is 43.1. The van der Waals surface area contributed by atoms with Gasteiger partial charge in [-0.3, -0.25) is 9.59 Å². The lowest BCUT2D eigenvalue weighted by Gasteiger charge is -2.36. The Hall–Kier alpha value is -3.35. The smallest absolute Gasteiger partial charge is 0.408 e. The quantitative estimate of drug-likeness (QED) is 0.385. The zero-order chi connectivity index (χ0) is 29.1. The van der Waals surface area contributed by atoms with Crippen molar-refractivity contribution < 1.29 is 19.1 Å². The first-order valence-electron chi connectivity index (χ1n) is 13.9. The molecule has 4 atom stereocenters. The summed E-state index contributed by atoms with van der Waals surface area (Å²) in [5.74, 6) is -0.161. The number of nitrogens with one attached hydrogen (secondary N) is 2. The molecule has 2 aromatic carbocycles. The molecule has 7 nitrogen and oxygen atoms in total. The Kier molecular flexibility index (Phi) is 9.47. The number of carbonyl (C=O) groups excluding carboxylic acids is 3. The van der Waals surface area contributed by atoms with Gasteiger partial charge in [-0.15, -0.1) is 0 Å². The van der Waals surface area contributed by atoms with E-state index in [0.29, 0.717) is 6.42 Å². The zero-order valence-electron chi connectivity index (χ0n) is 24.9. The highest BCUT2D eigenvalue weighted by molar-refractivity contribution is 6.00. The number of aryl methyl sites for hydroxylation is 3. The minimum Gasteiger partial charge on any atom is -0.444 e. The minimum atomic E-state index is -0.859. The molecule has 2 N–H and O–H groups in total. The van der Waals surface area contributed by atoms with Crippen LogP contribution in [0, 0.1) is 32.6 Å². The van der Waals surface area contributed by atoms with Gasteiger partial charge in [0.15, 0.2) is 0 Å². The van der Waals surface area contributed by atoms with Crippen LogP contribution in [0.4, 0.5) is 10.5 Å². The molecule has 0 heterocycles. The maximum atomic E-state index is 14.4. The fourth-order valence-corrected chi connectivity index (χ4v) is 5.01. The van der Waals surface area contributed by atoms with E-state index in [-0.39, 0.29) is 29.7 Å². The summed E-state index contributed by atoms with van der Waals surface area (Å²) in [5.41, 5.74) is 3.65. The lowest BCUT2D eigenvalue weighted by atomic mass is 9.96. The molecular weight excluding hydrogens is 490 g/mol. The Balaban J connectivity index is 2.07. The molecule has 7 heteroatoms. The Morgan fingerprint density at radius 3 is 2.05 bits per heavy atom. The van der Waals surface area contributed by atoms with Crippen LogP contribution in [0.15, 0.2) is 42.5 Å². The molecular formula is C32H45N3O4. The molecule has 1 aliphatic carbocycles. The number of nitrogens with zero attached hydrogens (tertiary/aromatic N) is 1. The summed E-state index contributed by atoms with van der Waals surface area (Å²) in [6.07, 6.45) is 0.582. The van der Waals surface area contributed by atoms with Crippen LogP contribution in [0.3, 0.4) is 0 Å². The molecule has 2 aromatic rings. The van der Waals surface area contributed by atoms with E-state index in [2.05, 4.69) is 17.6 Å². The van der Waals surface area contributed by atoms with Crippen LogP contribution in [-0.4, -0.2) is 40.5 Å². The predicted octanol–water partition coefficient (Wildman–Crippen LogP) is 6.47. The molecule has 0 radical (unpaired) electrons. The fourth-order valence-electron chi connectivity index (χ4n) is 5.01. The van der Waals surface area contributed by atoms with Crippen LogP contribution in [0.1, 0.15) is 82.7 Å². The van der Waals surface area contributed by atoms with E-state index < -0.39 is 23.8 Å². The van der Waals surface area contributed by atoms with Crippen molar-refractivity contribution in [1.29, 1.82) is 0 Å². The largest absolute Gasteiger partial charge is 0.444 e. The van der Waals surface area contributed by atoms with E-state index in [9.17, 15) is 14.4 Å². The zero-order valence-corrected chi connectivity index (χ0v) is 24.9. The third-order valence-electron chi connectivity index (χ3n) is 7.11. The lowest BCUT2D eigenvalue weighted by molar-refractivity contribution is -0.142. The Morgan fingerprint density at radius 1 is 0.974 bits per heavy atom. The second-order valence-electron chi connectivity index (χ2n) is 12.4. The summed E-state index contributed by atoms with van der Waals surface area (Å²) < 4.78 is 5.49. The highest BCUT2D eigenvalue weighted by Crippen LogP contribution is 2.42. The van der Waals surface area contributed by atoms with Gasteiger partial charge in [-0.2, -0.15) is 0 Å². The topological polar surface area (TPSA) is 87.7 Å². The van der Waals surface area contributed by atoms with Crippen molar-refractivity contribution in [3.05, 3.63) is 64.7 Å². The van der Waals surface area contributed by atoms with Gasteiger partial charge in [-0.25, -0.2) is 4.79 Å². The van der Waals surface area contributed by atoms with Gasteiger partial charge < -0.3 is 20.3 Å². The lowest BCUT2D eigenvalue weighted by Crippen LogP contribution is -2.54.